The van der Waals surface area contributed by atoms with Gasteiger partial charge in [0.15, 0.2) is 0 Å². The fourth-order valence-corrected chi connectivity index (χ4v) is 4.57. The SMILES string of the molecule is O=C(CCN1C(=O)C2CCCCC2C1=O)N1CCOC(c2ccc(F)cc2)C1. The summed E-state index contributed by atoms with van der Waals surface area (Å²) in [6, 6.07) is 6.08. The molecule has 4 rings (SSSR count). The lowest BCUT2D eigenvalue weighted by molar-refractivity contribution is -0.142. The number of rotatable bonds is 4. The predicted molar refractivity (Wildman–Crippen MR) is 98.5 cm³/mol. The highest BCUT2D eigenvalue weighted by atomic mass is 19.1. The van der Waals surface area contributed by atoms with Crippen LogP contribution in [-0.4, -0.2) is 53.8 Å². The Hall–Kier alpha value is -2.28. The molecule has 28 heavy (non-hydrogen) atoms. The third-order valence-electron chi connectivity index (χ3n) is 6.14. The van der Waals surface area contributed by atoms with Crippen LogP contribution < -0.4 is 0 Å². The second-order valence-electron chi connectivity index (χ2n) is 7.83. The van der Waals surface area contributed by atoms with Crippen LogP contribution in [0.5, 0.6) is 0 Å². The van der Waals surface area contributed by atoms with Gasteiger partial charge in [-0.05, 0) is 30.5 Å². The standard InChI is InChI=1S/C21H25FN2O4/c22-15-7-5-14(6-8-15)18-13-23(11-12-28-18)19(25)9-10-24-20(26)16-3-1-2-4-17(16)21(24)27/h5-8,16-18H,1-4,9-13H2. The monoisotopic (exact) mass is 388 g/mol. The molecule has 0 bridgehead atoms. The fraction of sp³-hybridized carbons (Fsp3) is 0.571. The summed E-state index contributed by atoms with van der Waals surface area (Å²) in [6.45, 7) is 1.42. The van der Waals surface area contributed by atoms with E-state index < -0.39 is 0 Å². The van der Waals surface area contributed by atoms with Gasteiger partial charge in [-0.15, -0.1) is 0 Å². The maximum atomic E-state index is 13.1. The van der Waals surface area contributed by atoms with Gasteiger partial charge in [-0.1, -0.05) is 25.0 Å². The van der Waals surface area contributed by atoms with Gasteiger partial charge in [0.1, 0.15) is 11.9 Å². The van der Waals surface area contributed by atoms with E-state index >= 15 is 0 Å². The second-order valence-corrected chi connectivity index (χ2v) is 7.83. The van der Waals surface area contributed by atoms with Crippen LogP contribution in [0.25, 0.3) is 0 Å². The molecule has 7 heteroatoms. The molecular weight excluding hydrogens is 363 g/mol. The minimum atomic E-state index is -0.312. The largest absolute Gasteiger partial charge is 0.370 e. The number of carbonyl (C=O) groups is 3. The van der Waals surface area contributed by atoms with Crippen LogP contribution in [0.3, 0.4) is 0 Å². The lowest BCUT2D eigenvalue weighted by Crippen LogP contribution is -2.44. The van der Waals surface area contributed by atoms with Gasteiger partial charge in [0.05, 0.1) is 25.0 Å². The van der Waals surface area contributed by atoms with Crippen molar-refractivity contribution in [2.45, 2.75) is 38.2 Å². The first-order valence-corrected chi connectivity index (χ1v) is 10.0. The zero-order chi connectivity index (χ0) is 19.7. The number of hydrogen-bond donors (Lipinski definition) is 0. The van der Waals surface area contributed by atoms with Crippen LogP contribution >= 0.6 is 0 Å². The Bertz CT molecular complexity index is 742. The zero-order valence-electron chi connectivity index (χ0n) is 15.8. The molecule has 0 N–H and O–H groups in total. The number of benzene rings is 1. The van der Waals surface area contributed by atoms with Gasteiger partial charge in [0.2, 0.25) is 17.7 Å². The minimum Gasteiger partial charge on any atom is -0.370 e. The molecular formula is C21H25FN2O4. The van der Waals surface area contributed by atoms with Gasteiger partial charge < -0.3 is 9.64 Å². The Labute approximate surface area is 163 Å². The van der Waals surface area contributed by atoms with Crippen LogP contribution in [0.4, 0.5) is 4.39 Å². The first-order valence-electron chi connectivity index (χ1n) is 10.0. The number of amides is 3. The number of ether oxygens (including phenoxy) is 1. The lowest BCUT2D eigenvalue weighted by atomic mass is 9.81. The highest BCUT2D eigenvalue weighted by Gasteiger charge is 2.47. The van der Waals surface area contributed by atoms with Gasteiger partial charge in [-0.25, -0.2) is 4.39 Å². The number of fused-ring (bicyclic) bond motifs is 1. The molecule has 3 unspecified atom stereocenters. The van der Waals surface area contributed by atoms with Gasteiger partial charge in [-0.3, -0.25) is 19.3 Å². The summed E-state index contributed by atoms with van der Waals surface area (Å²) in [5.41, 5.74) is 0.827. The number of hydrogen-bond acceptors (Lipinski definition) is 4. The summed E-state index contributed by atoms with van der Waals surface area (Å²) in [7, 11) is 0. The Morgan fingerprint density at radius 2 is 1.71 bits per heavy atom. The van der Waals surface area contributed by atoms with Gasteiger partial charge in [0, 0.05) is 19.5 Å². The van der Waals surface area contributed by atoms with Gasteiger partial charge in [-0.2, -0.15) is 0 Å². The number of carbonyl (C=O) groups excluding carboxylic acids is 3. The Balaban J connectivity index is 1.34. The van der Waals surface area contributed by atoms with E-state index in [4.69, 9.17) is 4.74 Å². The normalized spacial score (nSPS) is 27.8. The summed E-state index contributed by atoms with van der Waals surface area (Å²) in [6.07, 6.45) is 3.38. The topological polar surface area (TPSA) is 66.9 Å². The fourth-order valence-electron chi connectivity index (χ4n) is 4.57. The molecule has 1 aromatic rings. The van der Waals surface area contributed by atoms with E-state index in [2.05, 4.69) is 0 Å². The lowest BCUT2D eigenvalue weighted by Gasteiger charge is -2.33. The number of imide groups is 1. The average Bonchev–Trinajstić information content (AvgIpc) is 2.97. The second kappa shape index (κ2) is 7.99. The summed E-state index contributed by atoms with van der Waals surface area (Å²) in [5, 5.41) is 0. The smallest absolute Gasteiger partial charge is 0.233 e. The molecule has 1 aromatic carbocycles. The van der Waals surface area contributed by atoms with Crippen molar-refractivity contribution in [3.05, 3.63) is 35.6 Å². The highest BCUT2D eigenvalue weighted by Crippen LogP contribution is 2.38. The molecule has 2 aliphatic heterocycles. The molecule has 2 saturated heterocycles. The Morgan fingerprint density at radius 1 is 1.07 bits per heavy atom. The van der Waals surface area contributed by atoms with Crippen molar-refractivity contribution in [3.8, 4) is 0 Å². The van der Waals surface area contributed by atoms with Crippen molar-refractivity contribution in [2.75, 3.05) is 26.2 Å². The minimum absolute atomic E-state index is 0.0918. The van der Waals surface area contributed by atoms with E-state index in [1.807, 2.05) is 0 Å². The summed E-state index contributed by atoms with van der Waals surface area (Å²) in [4.78, 5) is 40.7. The van der Waals surface area contributed by atoms with Crippen LogP contribution in [-0.2, 0) is 19.1 Å². The van der Waals surface area contributed by atoms with Crippen molar-refractivity contribution in [3.63, 3.8) is 0 Å². The summed E-state index contributed by atoms with van der Waals surface area (Å²) in [5.74, 6) is -0.966. The maximum Gasteiger partial charge on any atom is 0.233 e. The van der Waals surface area contributed by atoms with Crippen LogP contribution in [0, 0.1) is 17.7 Å². The molecule has 0 aromatic heterocycles. The quantitative estimate of drug-likeness (QED) is 0.743. The van der Waals surface area contributed by atoms with E-state index in [9.17, 15) is 18.8 Å². The van der Waals surface area contributed by atoms with Crippen LogP contribution in [0.15, 0.2) is 24.3 Å². The number of likely N-dealkylation sites (tertiary alicyclic amines) is 1. The van der Waals surface area contributed by atoms with E-state index in [1.165, 1.54) is 17.0 Å². The number of halogens is 1. The van der Waals surface area contributed by atoms with Crippen LogP contribution in [0.2, 0.25) is 0 Å². The summed E-state index contributed by atoms with van der Waals surface area (Å²) < 4.78 is 18.8. The highest BCUT2D eigenvalue weighted by molar-refractivity contribution is 6.05. The number of morpholine rings is 1. The molecule has 3 fully saturated rings. The van der Waals surface area contributed by atoms with Gasteiger partial charge >= 0.3 is 0 Å². The molecule has 0 radical (unpaired) electrons. The average molecular weight is 388 g/mol. The van der Waals surface area contributed by atoms with Gasteiger partial charge in [0.25, 0.3) is 0 Å². The molecule has 2 heterocycles. The third kappa shape index (κ3) is 3.68. The van der Waals surface area contributed by atoms with E-state index in [-0.39, 0.29) is 54.4 Å². The maximum absolute atomic E-state index is 13.1. The third-order valence-corrected chi connectivity index (χ3v) is 6.14. The molecule has 0 spiro atoms. The molecule has 3 amide bonds. The van der Waals surface area contributed by atoms with Crippen molar-refractivity contribution >= 4 is 17.7 Å². The predicted octanol–water partition coefficient (Wildman–Crippen LogP) is 2.29. The first kappa shape index (κ1) is 19.1. The zero-order valence-corrected chi connectivity index (χ0v) is 15.8. The van der Waals surface area contributed by atoms with Crippen molar-refractivity contribution in [2.24, 2.45) is 11.8 Å². The van der Waals surface area contributed by atoms with Crippen molar-refractivity contribution in [1.82, 2.24) is 9.80 Å². The van der Waals surface area contributed by atoms with E-state index in [1.54, 1.807) is 17.0 Å². The molecule has 1 saturated carbocycles. The van der Waals surface area contributed by atoms with E-state index in [0.29, 0.717) is 19.7 Å². The van der Waals surface area contributed by atoms with Crippen molar-refractivity contribution < 1.29 is 23.5 Å². The van der Waals surface area contributed by atoms with E-state index in [0.717, 1.165) is 31.2 Å². The Morgan fingerprint density at radius 3 is 2.36 bits per heavy atom. The van der Waals surface area contributed by atoms with Crippen molar-refractivity contribution in [1.29, 1.82) is 0 Å². The molecule has 3 aliphatic rings. The number of nitrogens with zero attached hydrogens (tertiary/aromatic N) is 2. The Kier molecular flexibility index (Phi) is 5.44. The van der Waals surface area contributed by atoms with Crippen LogP contribution in [0.1, 0.15) is 43.8 Å². The molecule has 150 valence electrons. The first-order chi connectivity index (χ1) is 13.5. The summed E-state index contributed by atoms with van der Waals surface area (Å²) >= 11 is 0. The molecule has 3 atom stereocenters. The molecule has 1 aliphatic carbocycles. The molecule has 6 nitrogen and oxygen atoms in total.